The molecule has 0 radical (unpaired) electrons. The number of benzene rings is 1. The van der Waals surface area contributed by atoms with Crippen molar-refractivity contribution in [3.8, 4) is 0 Å². The molecule has 2 N–H and O–H groups in total. The van der Waals surface area contributed by atoms with E-state index >= 15 is 8.78 Å². The Hall–Kier alpha value is -3.29. The Labute approximate surface area is 245 Å². The molecule has 1 aliphatic carbocycles. The van der Waals surface area contributed by atoms with Gasteiger partial charge in [-0.3, -0.25) is 19.6 Å². The van der Waals surface area contributed by atoms with Gasteiger partial charge in [-0.15, -0.1) is 11.3 Å². The van der Waals surface area contributed by atoms with E-state index in [4.69, 9.17) is 9.73 Å². The Morgan fingerprint density at radius 2 is 2.05 bits per heavy atom. The molecule has 9 nitrogen and oxygen atoms in total. The van der Waals surface area contributed by atoms with Gasteiger partial charge >= 0.3 is 11.9 Å². The van der Waals surface area contributed by atoms with Crippen molar-refractivity contribution >= 4 is 29.1 Å². The van der Waals surface area contributed by atoms with Crippen LogP contribution in [0.25, 0.3) is 0 Å². The second-order valence-corrected chi connectivity index (χ2v) is 12.3. The fourth-order valence-electron chi connectivity index (χ4n) is 6.63. The van der Waals surface area contributed by atoms with E-state index in [1.54, 1.807) is 42.5 Å². The Morgan fingerprint density at radius 3 is 2.74 bits per heavy atom. The highest BCUT2D eigenvalue weighted by molar-refractivity contribution is 7.11. The molecule has 1 aromatic heterocycles. The van der Waals surface area contributed by atoms with Crippen molar-refractivity contribution in [1.29, 1.82) is 0 Å². The lowest BCUT2D eigenvalue weighted by Gasteiger charge is -2.40. The van der Waals surface area contributed by atoms with E-state index in [-0.39, 0.29) is 31.3 Å². The number of carboxylic acid groups (broad SMARTS) is 1. The van der Waals surface area contributed by atoms with Gasteiger partial charge in [0.05, 0.1) is 30.6 Å². The molecular formula is C29H32F3N5O4S. The quantitative estimate of drug-likeness (QED) is 0.441. The summed E-state index contributed by atoms with van der Waals surface area (Å²) in [6.07, 6.45) is 2.54. The van der Waals surface area contributed by atoms with Crippen LogP contribution in [0.2, 0.25) is 0 Å². The van der Waals surface area contributed by atoms with Crippen LogP contribution in [0.5, 0.6) is 0 Å². The maximum absolute atomic E-state index is 15.4. The average molecular weight is 604 g/mol. The number of alkyl halides is 2. The van der Waals surface area contributed by atoms with Crippen molar-refractivity contribution in [3.05, 3.63) is 63.0 Å². The van der Waals surface area contributed by atoms with E-state index < -0.39 is 54.1 Å². The summed E-state index contributed by atoms with van der Waals surface area (Å²) < 4.78 is 51.0. The molecule has 3 atom stereocenters. The van der Waals surface area contributed by atoms with E-state index in [1.807, 2.05) is 4.90 Å². The van der Waals surface area contributed by atoms with Crippen LogP contribution in [0, 0.1) is 24.6 Å². The Bertz CT molecular complexity index is 1440. The van der Waals surface area contributed by atoms with E-state index in [0.29, 0.717) is 47.1 Å². The van der Waals surface area contributed by atoms with Crippen molar-refractivity contribution in [2.45, 2.75) is 50.7 Å². The predicted octanol–water partition coefficient (Wildman–Crippen LogP) is 3.61. The van der Waals surface area contributed by atoms with Gasteiger partial charge in [0.1, 0.15) is 11.9 Å². The summed E-state index contributed by atoms with van der Waals surface area (Å²) in [5.74, 6) is -5.88. The highest BCUT2D eigenvalue weighted by Gasteiger charge is 2.59. The summed E-state index contributed by atoms with van der Waals surface area (Å²) in [7, 11) is 0. The molecule has 3 aliphatic heterocycles. The molecule has 0 unspecified atom stereocenters. The average Bonchev–Trinajstić information content (AvgIpc) is 3.64. The third kappa shape index (κ3) is 5.11. The first kappa shape index (κ1) is 28.8. The SMILES string of the molecule is CCOC(=O)C1=C(CN2CC(F)(F)[C@H]3CN(C4CC(C(=O)O)C4)C[C@H]32)NC(c2nccs2)=N[C@H]1c1cccc(F)c1C. The highest BCUT2D eigenvalue weighted by Crippen LogP contribution is 2.46. The number of aliphatic carboxylic acids is 1. The number of hydrogen-bond acceptors (Lipinski definition) is 9. The Kier molecular flexibility index (Phi) is 7.60. The minimum absolute atomic E-state index is 0.00355. The maximum Gasteiger partial charge on any atom is 0.338 e. The topological polar surface area (TPSA) is 107 Å². The van der Waals surface area contributed by atoms with Crippen molar-refractivity contribution in [1.82, 2.24) is 20.1 Å². The van der Waals surface area contributed by atoms with Crippen LogP contribution in [0.3, 0.4) is 0 Å². The second kappa shape index (κ2) is 11.1. The Balaban J connectivity index is 1.35. The van der Waals surface area contributed by atoms with Gasteiger partial charge in [-0.25, -0.2) is 22.9 Å². The zero-order valence-corrected chi connectivity index (χ0v) is 24.0. The summed E-state index contributed by atoms with van der Waals surface area (Å²) in [6.45, 7) is 3.48. The van der Waals surface area contributed by atoms with Crippen molar-refractivity contribution < 1.29 is 32.6 Å². The number of rotatable bonds is 8. The molecule has 0 spiro atoms. The van der Waals surface area contributed by atoms with Crippen LogP contribution >= 0.6 is 11.3 Å². The molecule has 1 aromatic carbocycles. The molecule has 42 heavy (non-hydrogen) atoms. The van der Waals surface area contributed by atoms with Crippen LogP contribution < -0.4 is 5.32 Å². The van der Waals surface area contributed by atoms with Gasteiger partial charge in [0.25, 0.3) is 5.92 Å². The minimum Gasteiger partial charge on any atom is -0.481 e. The summed E-state index contributed by atoms with van der Waals surface area (Å²) in [6, 6.07) is 3.13. The van der Waals surface area contributed by atoms with Crippen molar-refractivity contribution in [2.75, 3.05) is 32.8 Å². The van der Waals surface area contributed by atoms with E-state index in [1.165, 1.54) is 17.4 Å². The Morgan fingerprint density at radius 1 is 1.26 bits per heavy atom. The van der Waals surface area contributed by atoms with Gasteiger partial charge in [-0.2, -0.15) is 0 Å². The fraction of sp³-hybridized carbons (Fsp3) is 0.517. The lowest BCUT2D eigenvalue weighted by atomic mass is 9.79. The number of carbonyl (C=O) groups excluding carboxylic acids is 1. The summed E-state index contributed by atoms with van der Waals surface area (Å²) in [4.78, 5) is 37.6. The fourth-order valence-corrected chi connectivity index (χ4v) is 7.22. The number of nitrogens with one attached hydrogen (secondary N) is 1. The second-order valence-electron chi connectivity index (χ2n) is 11.4. The highest BCUT2D eigenvalue weighted by atomic mass is 32.1. The molecule has 4 aliphatic rings. The molecule has 2 aromatic rings. The first-order valence-corrected chi connectivity index (χ1v) is 14.9. The largest absolute Gasteiger partial charge is 0.481 e. The number of carboxylic acids is 1. The predicted molar refractivity (Wildman–Crippen MR) is 149 cm³/mol. The van der Waals surface area contributed by atoms with Gasteiger partial charge in [-0.05, 0) is 43.9 Å². The molecular weight excluding hydrogens is 571 g/mol. The number of esters is 1. The first-order valence-electron chi connectivity index (χ1n) is 14.1. The summed E-state index contributed by atoms with van der Waals surface area (Å²) in [5, 5.41) is 14.8. The van der Waals surface area contributed by atoms with Gasteiger partial charge < -0.3 is 15.2 Å². The smallest absolute Gasteiger partial charge is 0.338 e. The standard InChI is InChI=1S/C29H32F3N5O4S/c1-3-41-28(40)23-21(34-25(26-33-7-8-42-26)35-24(23)18-5-4-6-20(30)15(18)2)12-37-14-29(31,32)19-11-36(13-22(19)37)17-9-16(10-17)27(38)39/h4-8,16-17,19,22,24H,3,9-14H2,1-2H3,(H,34,35)(H,38,39)/t16?,17?,19-,22+,24-/m0/s1. The van der Waals surface area contributed by atoms with Gasteiger partial charge in [0, 0.05) is 49.0 Å². The third-order valence-electron chi connectivity index (χ3n) is 8.94. The van der Waals surface area contributed by atoms with Crippen LogP contribution in [-0.2, 0) is 14.3 Å². The zero-order chi connectivity index (χ0) is 29.8. The van der Waals surface area contributed by atoms with E-state index in [2.05, 4.69) is 10.3 Å². The number of carbonyl (C=O) groups is 2. The molecule has 0 amide bonds. The van der Waals surface area contributed by atoms with Crippen LogP contribution in [0.15, 0.2) is 46.0 Å². The zero-order valence-electron chi connectivity index (χ0n) is 23.2. The molecule has 13 heteroatoms. The molecule has 1 saturated carbocycles. The maximum atomic E-state index is 15.4. The van der Waals surface area contributed by atoms with Crippen molar-refractivity contribution in [2.24, 2.45) is 16.8 Å². The van der Waals surface area contributed by atoms with Crippen LogP contribution in [0.4, 0.5) is 13.2 Å². The van der Waals surface area contributed by atoms with Gasteiger partial charge in [0.15, 0.2) is 10.8 Å². The lowest BCUT2D eigenvalue weighted by Crippen LogP contribution is -2.49. The number of nitrogens with zero attached hydrogens (tertiary/aromatic N) is 4. The first-order chi connectivity index (χ1) is 20.1. The summed E-state index contributed by atoms with van der Waals surface area (Å²) in [5.41, 5.74) is 1.32. The number of fused-ring (bicyclic) bond motifs is 1. The number of likely N-dealkylation sites (tertiary alicyclic amines) is 2. The third-order valence-corrected chi connectivity index (χ3v) is 9.72. The molecule has 224 valence electrons. The molecule has 2 saturated heterocycles. The number of amidine groups is 1. The van der Waals surface area contributed by atoms with Crippen molar-refractivity contribution in [3.63, 3.8) is 0 Å². The number of thiazole rings is 1. The monoisotopic (exact) mass is 603 g/mol. The molecule has 0 bridgehead atoms. The number of ether oxygens (including phenoxy) is 1. The van der Waals surface area contributed by atoms with Crippen LogP contribution in [-0.4, -0.2) is 88.5 Å². The normalized spacial score (nSPS) is 29.1. The van der Waals surface area contributed by atoms with Gasteiger partial charge in [0.2, 0.25) is 0 Å². The molecule has 6 rings (SSSR count). The summed E-state index contributed by atoms with van der Waals surface area (Å²) >= 11 is 1.33. The molecule has 3 fully saturated rings. The minimum atomic E-state index is -2.96. The number of hydrogen-bond donors (Lipinski definition) is 2. The number of aliphatic imine (C=N–C) groups is 1. The van der Waals surface area contributed by atoms with E-state index in [0.717, 1.165) is 0 Å². The molecule has 4 heterocycles. The number of aromatic nitrogens is 1. The van der Waals surface area contributed by atoms with E-state index in [9.17, 15) is 19.1 Å². The lowest BCUT2D eigenvalue weighted by molar-refractivity contribution is -0.147. The number of halogens is 3. The van der Waals surface area contributed by atoms with Crippen LogP contribution in [0.1, 0.15) is 41.9 Å². The van der Waals surface area contributed by atoms with Gasteiger partial charge in [-0.1, -0.05) is 12.1 Å².